The highest BCUT2D eigenvalue weighted by Crippen LogP contribution is 2.15. The van der Waals surface area contributed by atoms with Crippen molar-refractivity contribution in [3.63, 3.8) is 0 Å². The molecule has 1 amide bonds. The Hall–Kier alpha value is -2.89. The summed E-state index contributed by atoms with van der Waals surface area (Å²) in [5.74, 6) is 1.88. The zero-order chi connectivity index (χ0) is 20.1. The van der Waals surface area contributed by atoms with Gasteiger partial charge in [-0.05, 0) is 23.8 Å². The van der Waals surface area contributed by atoms with E-state index in [1.54, 1.807) is 19.2 Å². The molecule has 3 aromatic rings. The third-order valence-corrected chi connectivity index (χ3v) is 4.88. The Morgan fingerprint density at radius 2 is 2.00 bits per heavy atom. The summed E-state index contributed by atoms with van der Waals surface area (Å²) in [4.78, 5) is 25.0. The summed E-state index contributed by atoms with van der Waals surface area (Å²) in [6.07, 6.45) is 3.02. The number of guanidine groups is 1. The van der Waals surface area contributed by atoms with Crippen LogP contribution in [0.25, 0.3) is 11.4 Å². The van der Waals surface area contributed by atoms with E-state index >= 15 is 0 Å². The van der Waals surface area contributed by atoms with Crippen LogP contribution in [0.15, 0.2) is 58.4 Å². The number of halogens is 1. The van der Waals surface area contributed by atoms with Crippen molar-refractivity contribution in [2.75, 3.05) is 33.2 Å². The van der Waals surface area contributed by atoms with Crippen molar-refractivity contribution >= 4 is 35.8 Å². The van der Waals surface area contributed by atoms with E-state index in [0.29, 0.717) is 38.5 Å². The number of nitrogens with one attached hydrogen (secondary N) is 2. The Kier molecular flexibility index (Phi) is 7.44. The van der Waals surface area contributed by atoms with Gasteiger partial charge in [-0.1, -0.05) is 18.2 Å². The molecule has 0 spiro atoms. The van der Waals surface area contributed by atoms with Crippen LogP contribution in [0.4, 0.5) is 0 Å². The van der Waals surface area contributed by atoms with E-state index in [2.05, 4.69) is 42.5 Å². The zero-order valence-electron chi connectivity index (χ0n) is 16.6. The summed E-state index contributed by atoms with van der Waals surface area (Å²) < 4.78 is 5.22. The second-order valence-electron chi connectivity index (χ2n) is 6.69. The quantitative estimate of drug-likeness (QED) is 0.310. The molecule has 0 unspecified atom stereocenters. The Morgan fingerprint density at radius 3 is 2.67 bits per heavy atom. The first-order valence-corrected chi connectivity index (χ1v) is 9.47. The maximum atomic E-state index is 12.4. The molecular formula is C20H24IN7O2. The number of aliphatic imine (C=N–C) groups is 1. The number of carbonyl (C=O) groups is 1. The summed E-state index contributed by atoms with van der Waals surface area (Å²) in [6.45, 7) is 3.32. The highest BCUT2D eigenvalue weighted by Gasteiger charge is 2.25. The number of piperazine rings is 1. The van der Waals surface area contributed by atoms with Crippen molar-refractivity contribution in [3.05, 3.63) is 60.3 Å². The van der Waals surface area contributed by atoms with Crippen LogP contribution in [-0.4, -0.2) is 70.1 Å². The lowest BCUT2D eigenvalue weighted by atomic mass is 10.1. The predicted molar refractivity (Wildman–Crippen MR) is 124 cm³/mol. The number of nitrogens with zero attached hydrogens (tertiary/aromatic N) is 5. The van der Waals surface area contributed by atoms with Gasteiger partial charge in [0.2, 0.25) is 0 Å². The summed E-state index contributed by atoms with van der Waals surface area (Å²) >= 11 is 0. The molecule has 1 fully saturated rings. The smallest absolute Gasteiger partial charge is 0.289 e. The molecule has 0 atom stereocenters. The van der Waals surface area contributed by atoms with E-state index in [1.807, 2.05) is 17.0 Å². The van der Waals surface area contributed by atoms with Gasteiger partial charge in [0.1, 0.15) is 6.33 Å². The number of benzene rings is 1. The molecule has 4 rings (SSSR count). The molecule has 0 bridgehead atoms. The second kappa shape index (κ2) is 10.2. The fourth-order valence-electron chi connectivity index (χ4n) is 3.36. The van der Waals surface area contributed by atoms with E-state index in [-0.39, 0.29) is 29.9 Å². The summed E-state index contributed by atoms with van der Waals surface area (Å²) in [5, 5.41) is 10.2. The Bertz CT molecular complexity index is 965. The molecule has 0 aliphatic carbocycles. The second-order valence-corrected chi connectivity index (χ2v) is 6.69. The van der Waals surface area contributed by atoms with Crippen LogP contribution in [0.2, 0.25) is 0 Å². The molecule has 0 radical (unpaired) electrons. The molecule has 9 nitrogen and oxygen atoms in total. The molecule has 0 saturated carbocycles. The number of hydrogen-bond donors (Lipinski definition) is 2. The number of aromatic amines is 1. The molecule has 158 valence electrons. The summed E-state index contributed by atoms with van der Waals surface area (Å²) in [5.41, 5.74) is 2.11. The lowest BCUT2D eigenvalue weighted by molar-refractivity contribution is 0.0657. The monoisotopic (exact) mass is 521 g/mol. The summed E-state index contributed by atoms with van der Waals surface area (Å²) in [7, 11) is 1.77. The van der Waals surface area contributed by atoms with Crippen LogP contribution in [0.3, 0.4) is 0 Å². The fraction of sp³-hybridized carbons (Fsp3) is 0.300. The first-order valence-electron chi connectivity index (χ1n) is 9.47. The van der Waals surface area contributed by atoms with Crippen LogP contribution in [0, 0.1) is 0 Å². The van der Waals surface area contributed by atoms with E-state index in [4.69, 9.17) is 4.42 Å². The number of rotatable bonds is 4. The number of furan rings is 1. The minimum atomic E-state index is -0.0678. The van der Waals surface area contributed by atoms with Gasteiger partial charge in [-0.2, -0.15) is 5.10 Å². The van der Waals surface area contributed by atoms with E-state index in [0.717, 1.165) is 22.9 Å². The maximum Gasteiger partial charge on any atom is 0.289 e. The number of H-pyrrole nitrogens is 1. The molecule has 1 aliphatic rings. The molecule has 1 aliphatic heterocycles. The van der Waals surface area contributed by atoms with Gasteiger partial charge in [0.25, 0.3) is 5.91 Å². The predicted octanol–water partition coefficient (Wildman–Crippen LogP) is 2.22. The lowest BCUT2D eigenvalue weighted by Crippen LogP contribution is -2.53. The fourth-order valence-corrected chi connectivity index (χ4v) is 3.36. The van der Waals surface area contributed by atoms with Gasteiger partial charge < -0.3 is 19.5 Å². The highest BCUT2D eigenvalue weighted by atomic mass is 127. The molecule has 1 saturated heterocycles. The van der Waals surface area contributed by atoms with Crippen molar-refractivity contribution < 1.29 is 9.21 Å². The summed E-state index contributed by atoms with van der Waals surface area (Å²) in [6, 6.07) is 11.5. The molecule has 10 heteroatoms. The molecule has 2 N–H and O–H groups in total. The minimum absolute atomic E-state index is 0. The van der Waals surface area contributed by atoms with Crippen molar-refractivity contribution in [1.82, 2.24) is 30.3 Å². The minimum Gasteiger partial charge on any atom is -0.459 e. The zero-order valence-corrected chi connectivity index (χ0v) is 18.9. The van der Waals surface area contributed by atoms with Gasteiger partial charge in [0, 0.05) is 45.3 Å². The van der Waals surface area contributed by atoms with Crippen LogP contribution in [0.5, 0.6) is 0 Å². The van der Waals surface area contributed by atoms with Crippen molar-refractivity contribution in [3.8, 4) is 11.4 Å². The lowest BCUT2D eigenvalue weighted by Gasteiger charge is -2.36. The van der Waals surface area contributed by atoms with Crippen LogP contribution < -0.4 is 5.32 Å². The average molecular weight is 521 g/mol. The average Bonchev–Trinajstić information content (AvgIpc) is 3.49. The van der Waals surface area contributed by atoms with Crippen molar-refractivity contribution in [2.45, 2.75) is 6.54 Å². The van der Waals surface area contributed by atoms with Crippen LogP contribution >= 0.6 is 24.0 Å². The largest absolute Gasteiger partial charge is 0.459 e. The molecular weight excluding hydrogens is 497 g/mol. The van der Waals surface area contributed by atoms with Crippen LogP contribution in [-0.2, 0) is 6.54 Å². The molecule has 3 heterocycles. The molecule has 30 heavy (non-hydrogen) atoms. The van der Waals surface area contributed by atoms with Gasteiger partial charge in [-0.25, -0.2) is 4.98 Å². The maximum absolute atomic E-state index is 12.4. The Labute approximate surface area is 191 Å². The first-order chi connectivity index (χ1) is 14.2. The number of hydrogen-bond acceptors (Lipinski definition) is 5. The van der Waals surface area contributed by atoms with Gasteiger partial charge in [0.15, 0.2) is 17.5 Å². The Morgan fingerprint density at radius 1 is 1.20 bits per heavy atom. The number of carbonyl (C=O) groups excluding carboxylic acids is 1. The molecule has 2 aromatic heterocycles. The molecule has 1 aromatic carbocycles. The van der Waals surface area contributed by atoms with Gasteiger partial charge in [0.05, 0.1) is 6.26 Å². The van der Waals surface area contributed by atoms with Gasteiger partial charge in [-0.3, -0.25) is 14.9 Å². The SMILES string of the molecule is CN=C(NCc1cccc(-c2ncn[nH]2)c1)N1CCN(C(=O)c2ccco2)CC1.I. The van der Waals surface area contributed by atoms with Crippen molar-refractivity contribution in [1.29, 1.82) is 0 Å². The number of amides is 1. The highest BCUT2D eigenvalue weighted by molar-refractivity contribution is 14.0. The topological polar surface area (TPSA) is 103 Å². The van der Waals surface area contributed by atoms with E-state index in [9.17, 15) is 4.79 Å². The standard InChI is InChI=1S/C20H23N7O2.HI/c1-21-20(22-13-15-4-2-5-16(12-15)18-23-14-24-25-18)27-9-7-26(8-10-27)19(28)17-6-3-11-29-17;/h2-6,11-12,14H,7-10,13H2,1H3,(H,21,22)(H,23,24,25);1H. The van der Waals surface area contributed by atoms with Crippen molar-refractivity contribution in [2.24, 2.45) is 4.99 Å². The van der Waals surface area contributed by atoms with E-state index < -0.39 is 0 Å². The van der Waals surface area contributed by atoms with Crippen LogP contribution in [0.1, 0.15) is 16.1 Å². The normalized spacial score (nSPS) is 14.4. The van der Waals surface area contributed by atoms with Gasteiger partial charge >= 0.3 is 0 Å². The number of aromatic nitrogens is 3. The first kappa shape index (κ1) is 21.8. The Balaban J connectivity index is 0.00000256. The third kappa shape index (κ3) is 4.99. The van der Waals surface area contributed by atoms with Gasteiger partial charge in [-0.15, -0.1) is 24.0 Å². The third-order valence-electron chi connectivity index (χ3n) is 4.88. The van der Waals surface area contributed by atoms with E-state index in [1.165, 1.54) is 12.6 Å².